The third-order valence-corrected chi connectivity index (χ3v) is 4.25. The van der Waals surface area contributed by atoms with Gasteiger partial charge in [-0.2, -0.15) is 13.2 Å². The van der Waals surface area contributed by atoms with Crippen LogP contribution in [0.25, 0.3) is 0 Å². The predicted molar refractivity (Wildman–Crippen MR) is 98.8 cm³/mol. The Morgan fingerprint density at radius 1 is 1.19 bits per heavy atom. The Hall–Kier alpha value is -2.22. The van der Waals surface area contributed by atoms with Gasteiger partial charge in [0.15, 0.2) is 12.6 Å². The Bertz CT molecular complexity index is 687. The number of nitrogens with zero attached hydrogens (tertiary/aromatic N) is 1. The van der Waals surface area contributed by atoms with E-state index in [-0.39, 0.29) is 5.75 Å². The quantitative estimate of drug-likeness (QED) is 0.534. The van der Waals surface area contributed by atoms with E-state index >= 15 is 0 Å². The number of nitrogens with one attached hydrogen (secondary N) is 2. The van der Waals surface area contributed by atoms with Crippen molar-refractivity contribution in [3.05, 3.63) is 52.2 Å². The van der Waals surface area contributed by atoms with Crippen LogP contribution in [0.5, 0.6) is 5.75 Å². The van der Waals surface area contributed by atoms with E-state index in [4.69, 9.17) is 4.74 Å². The molecule has 2 N–H and O–H groups in total. The molecule has 2 rings (SSSR count). The number of ether oxygens (including phenoxy) is 1. The number of benzene rings is 1. The molecule has 4 nitrogen and oxygen atoms in total. The summed E-state index contributed by atoms with van der Waals surface area (Å²) in [5.74, 6) is 0.858. The molecule has 2 aromatic rings. The number of aliphatic imine (C=N–C) groups is 1. The van der Waals surface area contributed by atoms with E-state index in [0.717, 1.165) is 25.1 Å². The van der Waals surface area contributed by atoms with Crippen molar-refractivity contribution in [3.8, 4) is 5.75 Å². The number of hydrogen-bond donors (Lipinski definition) is 2. The van der Waals surface area contributed by atoms with Gasteiger partial charge in [0, 0.05) is 18.0 Å². The third kappa shape index (κ3) is 7.77. The van der Waals surface area contributed by atoms with Crippen LogP contribution >= 0.6 is 11.3 Å². The number of guanidine groups is 1. The fourth-order valence-electron chi connectivity index (χ4n) is 2.17. The molecule has 8 heteroatoms. The number of hydrogen-bond acceptors (Lipinski definition) is 3. The van der Waals surface area contributed by atoms with Crippen molar-refractivity contribution < 1.29 is 17.9 Å². The zero-order valence-corrected chi connectivity index (χ0v) is 15.3. The first-order chi connectivity index (χ1) is 12.5. The highest BCUT2D eigenvalue weighted by molar-refractivity contribution is 7.09. The zero-order valence-electron chi connectivity index (χ0n) is 14.5. The largest absolute Gasteiger partial charge is 0.484 e. The van der Waals surface area contributed by atoms with Crippen LogP contribution in [-0.4, -0.2) is 31.8 Å². The highest BCUT2D eigenvalue weighted by Crippen LogP contribution is 2.19. The molecule has 1 heterocycles. The smallest absolute Gasteiger partial charge is 0.422 e. The summed E-state index contributed by atoms with van der Waals surface area (Å²) in [6, 6.07) is 10.6. The molecule has 0 saturated heterocycles. The van der Waals surface area contributed by atoms with Crippen LogP contribution in [0, 0.1) is 0 Å². The minimum absolute atomic E-state index is 0.186. The first-order valence-corrected chi connectivity index (χ1v) is 9.17. The van der Waals surface area contributed by atoms with Crippen LogP contribution in [0.1, 0.15) is 17.4 Å². The van der Waals surface area contributed by atoms with Crippen molar-refractivity contribution in [1.82, 2.24) is 10.6 Å². The van der Waals surface area contributed by atoms with Crippen LogP contribution < -0.4 is 15.4 Å². The van der Waals surface area contributed by atoms with E-state index in [1.165, 1.54) is 10.9 Å². The maximum atomic E-state index is 12.2. The number of thiophene rings is 1. The first kappa shape index (κ1) is 20.1. The fraction of sp³-hybridized carbons (Fsp3) is 0.389. The lowest BCUT2D eigenvalue weighted by Gasteiger charge is -2.12. The summed E-state index contributed by atoms with van der Waals surface area (Å²) < 4.78 is 41.5. The summed E-state index contributed by atoms with van der Waals surface area (Å²) in [6.07, 6.45) is -3.44. The van der Waals surface area contributed by atoms with Crippen molar-refractivity contribution in [3.63, 3.8) is 0 Å². The van der Waals surface area contributed by atoms with Gasteiger partial charge in [-0.15, -0.1) is 11.3 Å². The van der Waals surface area contributed by atoms with Gasteiger partial charge in [-0.3, -0.25) is 0 Å². The van der Waals surface area contributed by atoms with Crippen molar-refractivity contribution >= 4 is 17.3 Å². The number of rotatable bonds is 8. The molecule has 0 saturated carbocycles. The van der Waals surface area contributed by atoms with Crippen molar-refractivity contribution in [2.45, 2.75) is 26.1 Å². The molecule has 1 aromatic carbocycles. The summed E-state index contributed by atoms with van der Waals surface area (Å²) in [7, 11) is 0. The Morgan fingerprint density at radius 3 is 2.73 bits per heavy atom. The zero-order chi connectivity index (χ0) is 18.8. The van der Waals surface area contributed by atoms with E-state index < -0.39 is 12.8 Å². The Kier molecular flexibility index (Phi) is 7.77. The van der Waals surface area contributed by atoms with Crippen LogP contribution in [0.4, 0.5) is 13.2 Å². The maximum absolute atomic E-state index is 12.2. The van der Waals surface area contributed by atoms with Crippen molar-refractivity contribution in [2.24, 2.45) is 4.99 Å². The van der Waals surface area contributed by atoms with Crippen LogP contribution in [0.3, 0.4) is 0 Å². The maximum Gasteiger partial charge on any atom is 0.422 e. The molecule has 26 heavy (non-hydrogen) atoms. The van der Waals surface area contributed by atoms with Gasteiger partial charge in [-0.05, 0) is 42.5 Å². The SMILES string of the molecule is CCNC(=NCc1cccc(OCC(F)(F)F)c1)NCCc1cccs1. The van der Waals surface area contributed by atoms with Gasteiger partial charge in [0.2, 0.25) is 0 Å². The van der Waals surface area contributed by atoms with Crippen LogP contribution in [0.2, 0.25) is 0 Å². The lowest BCUT2D eigenvalue weighted by atomic mass is 10.2. The summed E-state index contributed by atoms with van der Waals surface area (Å²) in [5.41, 5.74) is 0.778. The standard InChI is InChI=1S/C18H22F3N3OS/c1-2-22-17(23-9-8-16-7-4-10-26-16)24-12-14-5-3-6-15(11-14)25-13-18(19,20)21/h3-7,10-11H,2,8-9,12-13H2,1H3,(H2,22,23,24). The normalized spacial score (nSPS) is 12.1. The van der Waals surface area contributed by atoms with E-state index in [0.29, 0.717) is 12.5 Å². The van der Waals surface area contributed by atoms with Crippen molar-refractivity contribution in [2.75, 3.05) is 19.7 Å². The van der Waals surface area contributed by atoms with Gasteiger partial charge in [0.25, 0.3) is 0 Å². The highest BCUT2D eigenvalue weighted by Gasteiger charge is 2.28. The minimum atomic E-state index is -4.35. The molecule has 0 aliphatic heterocycles. The second-order valence-corrected chi connectivity index (χ2v) is 6.53. The Morgan fingerprint density at radius 2 is 2.04 bits per heavy atom. The third-order valence-electron chi connectivity index (χ3n) is 3.31. The molecule has 0 fully saturated rings. The molecule has 142 valence electrons. The highest BCUT2D eigenvalue weighted by atomic mass is 32.1. The lowest BCUT2D eigenvalue weighted by Crippen LogP contribution is -2.38. The molecular weight excluding hydrogens is 363 g/mol. The molecule has 0 aliphatic carbocycles. The molecular formula is C18H22F3N3OS. The summed E-state index contributed by atoms with van der Waals surface area (Å²) in [5, 5.41) is 8.45. The van der Waals surface area contributed by atoms with E-state index in [1.807, 2.05) is 18.4 Å². The van der Waals surface area contributed by atoms with Gasteiger partial charge in [-0.25, -0.2) is 4.99 Å². The average molecular weight is 385 g/mol. The van der Waals surface area contributed by atoms with Gasteiger partial charge in [0.05, 0.1) is 6.54 Å². The van der Waals surface area contributed by atoms with Gasteiger partial charge < -0.3 is 15.4 Å². The Balaban J connectivity index is 1.89. The summed E-state index contributed by atoms with van der Waals surface area (Å²) in [4.78, 5) is 5.77. The van der Waals surface area contributed by atoms with Crippen molar-refractivity contribution in [1.29, 1.82) is 0 Å². The molecule has 0 unspecified atom stereocenters. The molecule has 0 amide bonds. The monoisotopic (exact) mass is 385 g/mol. The minimum Gasteiger partial charge on any atom is -0.484 e. The molecule has 1 aromatic heterocycles. The average Bonchev–Trinajstić information content (AvgIpc) is 3.11. The Labute approximate surface area is 155 Å². The first-order valence-electron chi connectivity index (χ1n) is 8.29. The van der Waals surface area contributed by atoms with Gasteiger partial charge in [0.1, 0.15) is 5.75 Å². The number of alkyl halides is 3. The molecule has 0 spiro atoms. The second kappa shape index (κ2) is 10.1. The van der Waals surface area contributed by atoms with Crippen LogP contribution in [0.15, 0.2) is 46.8 Å². The van der Waals surface area contributed by atoms with E-state index in [2.05, 4.69) is 21.7 Å². The lowest BCUT2D eigenvalue weighted by molar-refractivity contribution is -0.153. The van der Waals surface area contributed by atoms with Gasteiger partial charge >= 0.3 is 6.18 Å². The topological polar surface area (TPSA) is 45.7 Å². The van der Waals surface area contributed by atoms with E-state index in [1.54, 1.807) is 29.5 Å². The number of halogens is 3. The molecule has 0 bridgehead atoms. The molecule has 0 radical (unpaired) electrons. The second-order valence-electron chi connectivity index (χ2n) is 5.50. The molecule has 0 aliphatic rings. The summed E-state index contributed by atoms with van der Waals surface area (Å²) in [6.45, 7) is 2.49. The molecule has 0 atom stereocenters. The van der Waals surface area contributed by atoms with E-state index in [9.17, 15) is 13.2 Å². The van der Waals surface area contributed by atoms with Crippen LogP contribution in [-0.2, 0) is 13.0 Å². The summed E-state index contributed by atoms with van der Waals surface area (Å²) >= 11 is 1.71. The van der Waals surface area contributed by atoms with Gasteiger partial charge in [-0.1, -0.05) is 18.2 Å². The fourth-order valence-corrected chi connectivity index (χ4v) is 2.88. The predicted octanol–water partition coefficient (Wildman–Crippen LogP) is 3.99.